The maximum atomic E-state index is 11.5. The predicted octanol–water partition coefficient (Wildman–Crippen LogP) is 2.04. The van der Waals surface area contributed by atoms with E-state index >= 15 is 0 Å². The summed E-state index contributed by atoms with van der Waals surface area (Å²) >= 11 is 0. The smallest absolute Gasteiger partial charge is 0.247 e. The van der Waals surface area contributed by atoms with Gasteiger partial charge in [0.15, 0.2) is 0 Å². The minimum Gasteiger partial charge on any atom is -0.419 e. The maximum Gasteiger partial charge on any atom is 0.247 e. The molecule has 6 nitrogen and oxygen atoms in total. The molecule has 1 aliphatic heterocycles. The fourth-order valence-corrected chi connectivity index (χ4v) is 3.00. The summed E-state index contributed by atoms with van der Waals surface area (Å²) in [6.45, 7) is 2.36. The maximum absolute atomic E-state index is 11.5. The van der Waals surface area contributed by atoms with Crippen LogP contribution < -0.4 is 0 Å². The lowest BCUT2D eigenvalue weighted by Crippen LogP contribution is -2.41. The molecule has 1 amide bonds. The van der Waals surface area contributed by atoms with Crippen LogP contribution in [0.1, 0.15) is 18.7 Å². The Labute approximate surface area is 136 Å². The quantitative estimate of drug-likeness (QED) is 0.845. The molecular formula is C17H22N4O2. The average Bonchev–Trinajstić information content (AvgIpc) is 3.00. The van der Waals surface area contributed by atoms with Crippen LogP contribution in [0.25, 0.3) is 11.5 Å². The molecule has 1 aromatic carbocycles. The second-order valence-corrected chi connectivity index (χ2v) is 6.24. The van der Waals surface area contributed by atoms with Crippen LogP contribution in [-0.4, -0.2) is 53.1 Å². The summed E-state index contributed by atoms with van der Waals surface area (Å²) in [6.07, 6.45) is 1.60. The number of carbonyl (C=O) groups is 1. The van der Waals surface area contributed by atoms with Crippen LogP contribution >= 0.6 is 0 Å². The highest BCUT2D eigenvalue weighted by molar-refractivity contribution is 5.76. The number of hydrogen-bond donors (Lipinski definition) is 0. The van der Waals surface area contributed by atoms with Crippen molar-refractivity contribution in [2.24, 2.45) is 5.92 Å². The molecule has 3 rings (SSSR count). The van der Waals surface area contributed by atoms with Crippen LogP contribution in [0.15, 0.2) is 34.7 Å². The molecule has 1 aromatic heterocycles. The number of rotatable bonds is 5. The van der Waals surface area contributed by atoms with Gasteiger partial charge < -0.3 is 9.32 Å². The van der Waals surface area contributed by atoms with E-state index in [1.807, 2.05) is 49.3 Å². The normalized spacial score (nSPS) is 18.7. The van der Waals surface area contributed by atoms with E-state index in [9.17, 15) is 4.79 Å². The minimum absolute atomic E-state index is 0.244. The third-order valence-electron chi connectivity index (χ3n) is 4.19. The molecule has 0 radical (unpaired) electrons. The first-order valence-electron chi connectivity index (χ1n) is 7.92. The van der Waals surface area contributed by atoms with Crippen molar-refractivity contribution in [1.82, 2.24) is 20.0 Å². The van der Waals surface area contributed by atoms with Gasteiger partial charge in [0.25, 0.3) is 0 Å². The first-order valence-corrected chi connectivity index (χ1v) is 7.92. The molecule has 1 saturated heterocycles. The number of carbonyl (C=O) groups excluding carboxylic acids is 1. The number of benzene rings is 1. The lowest BCUT2D eigenvalue weighted by Gasteiger charge is -2.31. The van der Waals surface area contributed by atoms with Crippen molar-refractivity contribution in [1.29, 1.82) is 0 Å². The largest absolute Gasteiger partial charge is 0.419 e. The molecule has 23 heavy (non-hydrogen) atoms. The number of aromatic nitrogens is 2. The molecule has 2 aromatic rings. The molecule has 1 unspecified atom stereocenters. The third kappa shape index (κ3) is 3.96. The van der Waals surface area contributed by atoms with E-state index in [0.29, 0.717) is 30.7 Å². The molecule has 6 heteroatoms. The summed E-state index contributed by atoms with van der Waals surface area (Å²) in [5.74, 6) is 1.91. The number of piperidine rings is 1. The van der Waals surface area contributed by atoms with Crippen molar-refractivity contribution in [3.8, 4) is 11.5 Å². The van der Waals surface area contributed by atoms with Gasteiger partial charge in [-0.05, 0) is 31.5 Å². The van der Waals surface area contributed by atoms with Gasteiger partial charge in [0, 0.05) is 32.1 Å². The molecular weight excluding hydrogens is 292 g/mol. The summed E-state index contributed by atoms with van der Waals surface area (Å²) in [5, 5.41) is 8.24. The zero-order chi connectivity index (χ0) is 16.2. The number of hydrogen-bond acceptors (Lipinski definition) is 5. The standard InChI is InChI=1S/C17H22N4O2/c1-20(10-13-8-9-16(22)21(2)11-13)12-15-18-19-17(23-15)14-6-4-3-5-7-14/h3-7,13H,8-12H2,1-2H3. The molecule has 0 bridgehead atoms. The van der Waals surface area contributed by atoms with Gasteiger partial charge in [-0.1, -0.05) is 18.2 Å². The van der Waals surface area contributed by atoms with Gasteiger partial charge in [0.1, 0.15) is 0 Å². The van der Waals surface area contributed by atoms with E-state index in [-0.39, 0.29) is 5.91 Å². The SMILES string of the molecule is CN(Cc1nnc(-c2ccccc2)o1)CC1CCC(=O)N(C)C1. The van der Waals surface area contributed by atoms with E-state index in [2.05, 4.69) is 15.1 Å². The second-order valence-electron chi connectivity index (χ2n) is 6.24. The molecule has 2 heterocycles. The summed E-state index contributed by atoms with van der Waals surface area (Å²) in [5.41, 5.74) is 0.932. The molecule has 1 aliphatic rings. The Hall–Kier alpha value is -2.21. The van der Waals surface area contributed by atoms with E-state index in [0.717, 1.165) is 25.1 Å². The Balaban J connectivity index is 1.55. The van der Waals surface area contributed by atoms with Gasteiger partial charge in [0.05, 0.1) is 6.54 Å². The molecule has 1 fully saturated rings. The summed E-state index contributed by atoms with van der Waals surface area (Å²) in [4.78, 5) is 15.5. The van der Waals surface area contributed by atoms with Gasteiger partial charge in [-0.25, -0.2) is 0 Å². The summed E-state index contributed by atoms with van der Waals surface area (Å²) in [7, 11) is 3.92. The van der Waals surface area contributed by atoms with Crippen molar-refractivity contribution in [3.63, 3.8) is 0 Å². The topological polar surface area (TPSA) is 62.5 Å². The zero-order valence-corrected chi connectivity index (χ0v) is 13.6. The second kappa shape index (κ2) is 6.91. The van der Waals surface area contributed by atoms with Gasteiger partial charge >= 0.3 is 0 Å². The Bertz CT molecular complexity index is 656. The Morgan fingerprint density at radius 2 is 2.09 bits per heavy atom. The van der Waals surface area contributed by atoms with Gasteiger partial charge in [0.2, 0.25) is 17.7 Å². The van der Waals surface area contributed by atoms with Gasteiger partial charge in [-0.3, -0.25) is 9.69 Å². The summed E-state index contributed by atoms with van der Waals surface area (Å²) in [6, 6.07) is 9.77. The van der Waals surface area contributed by atoms with Crippen molar-refractivity contribution in [3.05, 3.63) is 36.2 Å². The van der Waals surface area contributed by atoms with Crippen molar-refractivity contribution in [2.45, 2.75) is 19.4 Å². The van der Waals surface area contributed by atoms with E-state index in [4.69, 9.17) is 4.42 Å². The number of nitrogens with zero attached hydrogens (tertiary/aromatic N) is 4. The minimum atomic E-state index is 0.244. The zero-order valence-electron chi connectivity index (χ0n) is 13.6. The highest BCUT2D eigenvalue weighted by atomic mass is 16.4. The van der Waals surface area contributed by atoms with Gasteiger partial charge in [-0.15, -0.1) is 10.2 Å². The molecule has 1 atom stereocenters. The number of amides is 1. The highest BCUT2D eigenvalue weighted by Crippen LogP contribution is 2.19. The molecule has 122 valence electrons. The van der Waals surface area contributed by atoms with Crippen LogP contribution in [-0.2, 0) is 11.3 Å². The number of likely N-dealkylation sites (tertiary alicyclic amines) is 1. The van der Waals surface area contributed by atoms with E-state index in [1.54, 1.807) is 0 Å². The van der Waals surface area contributed by atoms with Crippen LogP contribution in [0.3, 0.4) is 0 Å². The van der Waals surface area contributed by atoms with E-state index in [1.165, 1.54) is 0 Å². The highest BCUT2D eigenvalue weighted by Gasteiger charge is 2.24. The van der Waals surface area contributed by atoms with Crippen LogP contribution in [0.2, 0.25) is 0 Å². The molecule has 0 N–H and O–H groups in total. The predicted molar refractivity (Wildman–Crippen MR) is 86.4 cm³/mol. The van der Waals surface area contributed by atoms with E-state index < -0.39 is 0 Å². The van der Waals surface area contributed by atoms with Crippen molar-refractivity contribution < 1.29 is 9.21 Å². The monoisotopic (exact) mass is 314 g/mol. The lowest BCUT2D eigenvalue weighted by atomic mass is 9.97. The average molecular weight is 314 g/mol. The Kier molecular flexibility index (Phi) is 4.71. The molecule has 0 aliphatic carbocycles. The van der Waals surface area contributed by atoms with Gasteiger partial charge in [-0.2, -0.15) is 0 Å². The summed E-state index contributed by atoms with van der Waals surface area (Å²) < 4.78 is 5.74. The van der Waals surface area contributed by atoms with Crippen LogP contribution in [0.4, 0.5) is 0 Å². The van der Waals surface area contributed by atoms with Crippen molar-refractivity contribution in [2.75, 3.05) is 27.2 Å². The lowest BCUT2D eigenvalue weighted by molar-refractivity contribution is -0.133. The fourth-order valence-electron chi connectivity index (χ4n) is 3.00. The third-order valence-corrected chi connectivity index (χ3v) is 4.19. The first kappa shape index (κ1) is 15.7. The fraction of sp³-hybridized carbons (Fsp3) is 0.471. The van der Waals surface area contributed by atoms with Crippen LogP contribution in [0, 0.1) is 5.92 Å². The molecule has 0 spiro atoms. The Morgan fingerprint density at radius 1 is 1.30 bits per heavy atom. The van der Waals surface area contributed by atoms with Crippen LogP contribution in [0.5, 0.6) is 0 Å². The Morgan fingerprint density at radius 3 is 2.83 bits per heavy atom. The first-order chi connectivity index (χ1) is 11.1. The van der Waals surface area contributed by atoms with Crippen molar-refractivity contribution >= 4 is 5.91 Å². The molecule has 0 saturated carbocycles.